The minimum absolute atomic E-state index is 0.148. The SMILES string of the molecule is NCc1ccc2oc(=O)c(C(=O)Oc3cccc(I)c3)cc2c1. The van der Waals surface area contributed by atoms with E-state index in [4.69, 9.17) is 14.9 Å². The average Bonchev–Trinajstić information content (AvgIpc) is 2.53. The lowest BCUT2D eigenvalue weighted by atomic mass is 10.1. The first-order chi connectivity index (χ1) is 11.1. The molecule has 0 amide bonds. The fourth-order valence-corrected chi connectivity index (χ4v) is 2.65. The molecule has 0 unspecified atom stereocenters. The highest BCUT2D eigenvalue weighted by molar-refractivity contribution is 14.1. The van der Waals surface area contributed by atoms with Gasteiger partial charge in [0.15, 0.2) is 0 Å². The van der Waals surface area contributed by atoms with E-state index in [1.54, 1.807) is 36.4 Å². The van der Waals surface area contributed by atoms with Crippen molar-refractivity contribution in [1.29, 1.82) is 0 Å². The number of carbonyl (C=O) groups excluding carboxylic acids is 1. The van der Waals surface area contributed by atoms with E-state index in [-0.39, 0.29) is 5.56 Å². The Labute approximate surface area is 145 Å². The van der Waals surface area contributed by atoms with Crippen molar-refractivity contribution in [2.24, 2.45) is 5.73 Å². The molecule has 2 aromatic carbocycles. The van der Waals surface area contributed by atoms with Crippen LogP contribution in [-0.2, 0) is 6.54 Å². The first-order valence-corrected chi connectivity index (χ1v) is 7.89. The molecule has 0 atom stereocenters. The fourth-order valence-electron chi connectivity index (χ4n) is 2.13. The number of nitrogens with two attached hydrogens (primary N) is 1. The normalized spacial score (nSPS) is 10.7. The third-order valence-corrected chi connectivity index (χ3v) is 3.93. The van der Waals surface area contributed by atoms with Crippen LogP contribution in [0.1, 0.15) is 15.9 Å². The predicted octanol–water partition coefficient (Wildman–Crippen LogP) is 3.08. The quantitative estimate of drug-likeness (QED) is 0.304. The van der Waals surface area contributed by atoms with Crippen molar-refractivity contribution in [2.45, 2.75) is 6.54 Å². The van der Waals surface area contributed by atoms with Crippen molar-refractivity contribution in [3.63, 3.8) is 0 Å². The Morgan fingerprint density at radius 2 is 2.00 bits per heavy atom. The van der Waals surface area contributed by atoms with Crippen molar-refractivity contribution in [3.8, 4) is 5.75 Å². The van der Waals surface area contributed by atoms with Gasteiger partial charge in [0.2, 0.25) is 0 Å². The fraction of sp³-hybridized carbons (Fsp3) is 0.0588. The molecule has 0 aliphatic heterocycles. The molecule has 6 heteroatoms. The number of benzene rings is 2. The van der Waals surface area contributed by atoms with Crippen molar-refractivity contribution >= 4 is 39.5 Å². The van der Waals surface area contributed by atoms with Crippen LogP contribution in [0.2, 0.25) is 0 Å². The summed E-state index contributed by atoms with van der Waals surface area (Å²) in [5.74, 6) is -0.377. The van der Waals surface area contributed by atoms with E-state index in [1.165, 1.54) is 6.07 Å². The molecule has 116 valence electrons. The summed E-state index contributed by atoms with van der Waals surface area (Å²) in [6, 6.07) is 13.7. The highest BCUT2D eigenvalue weighted by atomic mass is 127. The van der Waals surface area contributed by atoms with Gasteiger partial charge in [-0.1, -0.05) is 12.1 Å². The highest BCUT2D eigenvalue weighted by Gasteiger charge is 2.16. The number of carbonyl (C=O) groups is 1. The van der Waals surface area contributed by atoms with Crippen molar-refractivity contribution in [2.75, 3.05) is 0 Å². The van der Waals surface area contributed by atoms with E-state index in [9.17, 15) is 9.59 Å². The van der Waals surface area contributed by atoms with E-state index in [1.807, 2.05) is 6.07 Å². The monoisotopic (exact) mass is 421 g/mol. The number of rotatable bonds is 3. The van der Waals surface area contributed by atoms with Crippen LogP contribution in [0.5, 0.6) is 5.75 Å². The first kappa shape index (κ1) is 15.7. The summed E-state index contributed by atoms with van der Waals surface area (Å²) in [6.07, 6.45) is 0. The zero-order chi connectivity index (χ0) is 16.4. The Bertz CT molecular complexity index is 949. The second kappa shape index (κ2) is 6.51. The van der Waals surface area contributed by atoms with Crippen LogP contribution in [0.25, 0.3) is 11.0 Å². The molecular formula is C17H12INO4. The molecule has 3 rings (SSSR count). The maximum Gasteiger partial charge on any atom is 0.351 e. The van der Waals surface area contributed by atoms with Crippen LogP contribution in [0.3, 0.4) is 0 Å². The summed E-state index contributed by atoms with van der Waals surface area (Å²) >= 11 is 2.11. The van der Waals surface area contributed by atoms with Crippen LogP contribution >= 0.6 is 22.6 Å². The van der Waals surface area contributed by atoms with Crippen molar-refractivity contribution in [1.82, 2.24) is 0 Å². The predicted molar refractivity (Wildman–Crippen MR) is 94.5 cm³/mol. The van der Waals surface area contributed by atoms with Crippen molar-refractivity contribution < 1.29 is 13.9 Å². The number of fused-ring (bicyclic) bond motifs is 1. The molecule has 0 radical (unpaired) electrons. The number of ether oxygens (including phenoxy) is 1. The second-order valence-corrected chi connectivity index (χ2v) is 6.12. The van der Waals surface area contributed by atoms with Crippen LogP contribution in [0, 0.1) is 3.57 Å². The lowest BCUT2D eigenvalue weighted by Gasteiger charge is -2.05. The molecule has 1 aromatic heterocycles. The van der Waals surface area contributed by atoms with Gasteiger partial charge in [0.25, 0.3) is 0 Å². The molecular weight excluding hydrogens is 409 g/mol. The Morgan fingerprint density at radius 1 is 1.17 bits per heavy atom. The molecule has 0 saturated carbocycles. The molecule has 23 heavy (non-hydrogen) atoms. The van der Waals surface area contributed by atoms with E-state index >= 15 is 0 Å². The lowest BCUT2D eigenvalue weighted by Crippen LogP contribution is -2.18. The molecule has 0 fully saturated rings. The van der Waals surface area contributed by atoms with Gasteiger partial charge in [-0.2, -0.15) is 0 Å². The van der Waals surface area contributed by atoms with Gasteiger partial charge < -0.3 is 14.9 Å². The number of hydrogen-bond donors (Lipinski definition) is 1. The maximum atomic E-state index is 12.2. The van der Waals surface area contributed by atoms with Crippen LogP contribution < -0.4 is 16.1 Å². The van der Waals surface area contributed by atoms with Crippen LogP contribution in [-0.4, -0.2) is 5.97 Å². The van der Waals surface area contributed by atoms with Crippen molar-refractivity contribution in [3.05, 3.63) is 73.6 Å². The van der Waals surface area contributed by atoms with Crippen LogP contribution in [0.4, 0.5) is 0 Å². The Kier molecular flexibility index (Phi) is 4.44. The molecule has 0 spiro atoms. The van der Waals surface area contributed by atoms with Gasteiger partial charge in [-0.25, -0.2) is 9.59 Å². The molecule has 0 saturated heterocycles. The van der Waals surface area contributed by atoms with Gasteiger partial charge in [0.05, 0.1) is 0 Å². The Hall–Kier alpha value is -2.19. The minimum Gasteiger partial charge on any atom is -0.423 e. The van der Waals surface area contributed by atoms with Crippen LogP contribution in [0.15, 0.2) is 57.7 Å². The number of halogens is 1. The number of esters is 1. The molecule has 0 bridgehead atoms. The zero-order valence-electron chi connectivity index (χ0n) is 11.9. The molecule has 3 aromatic rings. The third kappa shape index (κ3) is 3.43. The zero-order valence-corrected chi connectivity index (χ0v) is 14.1. The van der Waals surface area contributed by atoms with Gasteiger partial charge in [-0.15, -0.1) is 0 Å². The average molecular weight is 421 g/mol. The summed E-state index contributed by atoms with van der Waals surface area (Å²) in [5.41, 5.74) is 6.00. The highest BCUT2D eigenvalue weighted by Crippen LogP contribution is 2.18. The number of hydrogen-bond acceptors (Lipinski definition) is 5. The Morgan fingerprint density at radius 3 is 2.74 bits per heavy atom. The summed E-state index contributed by atoms with van der Waals surface area (Å²) in [5, 5.41) is 0.627. The molecule has 1 heterocycles. The van der Waals surface area contributed by atoms with Gasteiger partial charge in [-0.3, -0.25) is 0 Å². The summed E-state index contributed by atoms with van der Waals surface area (Å²) in [6.45, 7) is 0.358. The topological polar surface area (TPSA) is 82.5 Å². The van der Waals surface area contributed by atoms with E-state index in [0.29, 0.717) is 23.3 Å². The maximum absolute atomic E-state index is 12.2. The second-order valence-electron chi connectivity index (χ2n) is 4.87. The smallest absolute Gasteiger partial charge is 0.351 e. The van der Waals surface area contributed by atoms with Gasteiger partial charge in [0.1, 0.15) is 16.9 Å². The molecule has 0 aliphatic carbocycles. The summed E-state index contributed by atoms with van der Waals surface area (Å²) in [7, 11) is 0. The van der Waals surface area contributed by atoms with Gasteiger partial charge in [-0.05, 0) is 64.6 Å². The van der Waals surface area contributed by atoms with E-state index < -0.39 is 11.6 Å². The summed E-state index contributed by atoms with van der Waals surface area (Å²) < 4.78 is 11.3. The molecule has 0 aliphatic rings. The van der Waals surface area contributed by atoms with Gasteiger partial charge >= 0.3 is 11.6 Å². The largest absolute Gasteiger partial charge is 0.423 e. The molecule has 5 nitrogen and oxygen atoms in total. The summed E-state index contributed by atoms with van der Waals surface area (Å²) in [4.78, 5) is 24.2. The third-order valence-electron chi connectivity index (χ3n) is 3.26. The van der Waals surface area contributed by atoms with E-state index in [2.05, 4.69) is 22.6 Å². The lowest BCUT2D eigenvalue weighted by molar-refractivity contribution is 0.0730. The first-order valence-electron chi connectivity index (χ1n) is 6.81. The standard InChI is InChI=1S/C17H12INO4/c18-12-2-1-3-13(8-12)22-16(20)14-7-11-6-10(9-19)4-5-15(11)23-17(14)21/h1-8H,9,19H2. The molecule has 2 N–H and O–H groups in total. The van der Waals surface area contributed by atoms with E-state index in [0.717, 1.165) is 9.13 Å². The van der Waals surface area contributed by atoms with Gasteiger partial charge in [0, 0.05) is 15.5 Å². The minimum atomic E-state index is -0.749. The Balaban J connectivity index is 1.99.